The summed E-state index contributed by atoms with van der Waals surface area (Å²) < 4.78 is 40.5. The number of hydrogen-bond acceptors (Lipinski definition) is 1. The van der Waals surface area contributed by atoms with Gasteiger partial charge in [-0.2, -0.15) is 0 Å². The van der Waals surface area contributed by atoms with Gasteiger partial charge in [-0.25, -0.2) is 0 Å². The van der Waals surface area contributed by atoms with E-state index in [1.165, 1.54) is 6.07 Å². The first kappa shape index (κ1) is 12.7. The first-order valence-corrected chi connectivity index (χ1v) is 6.03. The lowest BCUT2D eigenvalue weighted by atomic mass is 10.0. The number of benzene rings is 1. The molecule has 2 rings (SSSR count). The fourth-order valence-corrected chi connectivity index (χ4v) is 2.45. The standard InChI is InChI=1S/C12H12BrF3O/c1-11(2)6-8(11)7-3-4-10(9(13)5-7)17-12(14,15)16/h3-5,8H,6H2,1-2H3. The maximum absolute atomic E-state index is 12.1. The van der Waals surface area contributed by atoms with Crippen molar-refractivity contribution in [3.63, 3.8) is 0 Å². The Kier molecular flexibility index (Phi) is 2.92. The van der Waals surface area contributed by atoms with Crippen molar-refractivity contribution in [2.24, 2.45) is 5.41 Å². The molecule has 1 aromatic rings. The molecule has 0 N–H and O–H groups in total. The molecule has 0 bridgehead atoms. The molecule has 0 aromatic heterocycles. The van der Waals surface area contributed by atoms with Crippen LogP contribution in [0.2, 0.25) is 0 Å². The van der Waals surface area contributed by atoms with Gasteiger partial charge in [-0.15, -0.1) is 13.2 Å². The van der Waals surface area contributed by atoms with E-state index in [1.807, 2.05) is 0 Å². The molecule has 1 aromatic carbocycles. The molecule has 1 atom stereocenters. The Labute approximate surface area is 106 Å². The minimum atomic E-state index is -4.65. The van der Waals surface area contributed by atoms with E-state index in [0.717, 1.165) is 12.0 Å². The smallest absolute Gasteiger partial charge is 0.405 e. The Bertz CT molecular complexity index is 440. The number of hydrogen-bond donors (Lipinski definition) is 0. The van der Waals surface area contributed by atoms with Gasteiger partial charge in [-0.05, 0) is 51.4 Å². The van der Waals surface area contributed by atoms with Crippen LogP contribution in [0, 0.1) is 5.41 Å². The third-order valence-corrected chi connectivity index (χ3v) is 3.72. The third kappa shape index (κ3) is 2.94. The molecule has 1 unspecified atom stereocenters. The average Bonchev–Trinajstić information content (AvgIpc) is 2.77. The number of rotatable bonds is 2. The molecule has 0 saturated heterocycles. The summed E-state index contributed by atoms with van der Waals surface area (Å²) in [6.45, 7) is 4.29. The van der Waals surface area contributed by atoms with E-state index in [1.54, 1.807) is 12.1 Å². The average molecular weight is 309 g/mol. The van der Waals surface area contributed by atoms with Crippen molar-refractivity contribution in [2.75, 3.05) is 0 Å². The third-order valence-electron chi connectivity index (χ3n) is 3.10. The topological polar surface area (TPSA) is 9.23 Å². The molecule has 0 heterocycles. The molecule has 0 radical (unpaired) electrons. The summed E-state index contributed by atoms with van der Waals surface area (Å²) in [5.74, 6) is 0.235. The normalized spacial score (nSPS) is 22.4. The fourth-order valence-electron chi connectivity index (χ4n) is 1.98. The molecule has 0 spiro atoms. The minimum Gasteiger partial charge on any atom is -0.405 e. The minimum absolute atomic E-state index is 0.195. The summed E-state index contributed by atoms with van der Waals surface area (Å²) in [6, 6.07) is 4.77. The summed E-state index contributed by atoms with van der Waals surface area (Å²) in [5, 5.41) is 0. The van der Waals surface area contributed by atoms with E-state index in [-0.39, 0.29) is 11.2 Å². The van der Waals surface area contributed by atoms with Crippen molar-refractivity contribution < 1.29 is 17.9 Å². The van der Waals surface area contributed by atoms with Crippen LogP contribution in [0.5, 0.6) is 5.75 Å². The zero-order chi connectivity index (χ0) is 12.8. The van der Waals surface area contributed by atoms with E-state index in [0.29, 0.717) is 10.4 Å². The predicted octanol–water partition coefficient (Wildman–Crippen LogP) is 4.86. The van der Waals surface area contributed by atoms with Gasteiger partial charge >= 0.3 is 6.36 Å². The molecule has 0 amide bonds. The zero-order valence-electron chi connectivity index (χ0n) is 9.44. The molecule has 1 aliphatic rings. The van der Waals surface area contributed by atoms with Crippen LogP contribution in [0.3, 0.4) is 0 Å². The van der Waals surface area contributed by atoms with E-state index in [4.69, 9.17) is 0 Å². The Morgan fingerprint density at radius 2 is 1.94 bits per heavy atom. The van der Waals surface area contributed by atoms with Crippen molar-refractivity contribution in [3.8, 4) is 5.75 Å². The van der Waals surface area contributed by atoms with Crippen LogP contribution < -0.4 is 4.74 Å². The summed E-state index contributed by atoms with van der Waals surface area (Å²) in [7, 11) is 0. The molecule has 1 nitrogen and oxygen atoms in total. The fraction of sp³-hybridized carbons (Fsp3) is 0.500. The molecule has 1 aliphatic carbocycles. The first-order chi connectivity index (χ1) is 7.69. The van der Waals surface area contributed by atoms with Crippen LogP contribution in [-0.2, 0) is 0 Å². The number of alkyl halides is 3. The van der Waals surface area contributed by atoms with Gasteiger partial charge in [0, 0.05) is 0 Å². The Balaban J connectivity index is 2.18. The lowest BCUT2D eigenvalue weighted by molar-refractivity contribution is -0.274. The quantitative estimate of drug-likeness (QED) is 0.758. The van der Waals surface area contributed by atoms with Crippen molar-refractivity contribution in [1.29, 1.82) is 0 Å². The van der Waals surface area contributed by atoms with Crippen molar-refractivity contribution in [3.05, 3.63) is 28.2 Å². The highest BCUT2D eigenvalue weighted by atomic mass is 79.9. The Hall–Kier alpha value is -0.710. The van der Waals surface area contributed by atoms with Gasteiger partial charge in [0.05, 0.1) is 4.47 Å². The zero-order valence-corrected chi connectivity index (χ0v) is 11.0. The van der Waals surface area contributed by atoms with Gasteiger partial charge in [0.15, 0.2) is 0 Å². The van der Waals surface area contributed by atoms with Gasteiger partial charge < -0.3 is 4.74 Å². The predicted molar refractivity (Wildman–Crippen MR) is 62.0 cm³/mol. The van der Waals surface area contributed by atoms with Crippen LogP contribution >= 0.6 is 15.9 Å². The van der Waals surface area contributed by atoms with Gasteiger partial charge in [-0.3, -0.25) is 0 Å². The molecular weight excluding hydrogens is 297 g/mol. The molecule has 0 aliphatic heterocycles. The molecule has 1 fully saturated rings. The van der Waals surface area contributed by atoms with E-state index < -0.39 is 6.36 Å². The SMILES string of the molecule is CC1(C)CC1c1ccc(OC(F)(F)F)c(Br)c1. The van der Waals surface area contributed by atoms with Crippen LogP contribution in [0.15, 0.2) is 22.7 Å². The van der Waals surface area contributed by atoms with E-state index >= 15 is 0 Å². The highest BCUT2D eigenvalue weighted by molar-refractivity contribution is 9.10. The lowest BCUT2D eigenvalue weighted by Crippen LogP contribution is -2.17. The van der Waals surface area contributed by atoms with Crippen LogP contribution in [0.4, 0.5) is 13.2 Å². The second-order valence-electron chi connectivity index (χ2n) is 4.98. The molecule has 94 valence electrons. The monoisotopic (exact) mass is 308 g/mol. The molecule has 1 saturated carbocycles. The van der Waals surface area contributed by atoms with Crippen LogP contribution in [-0.4, -0.2) is 6.36 Å². The molecular formula is C12H12BrF3O. The first-order valence-electron chi connectivity index (χ1n) is 5.24. The highest BCUT2D eigenvalue weighted by Crippen LogP contribution is 2.59. The molecule has 17 heavy (non-hydrogen) atoms. The maximum atomic E-state index is 12.1. The summed E-state index contributed by atoms with van der Waals surface area (Å²) in [6.07, 6.45) is -3.58. The molecule has 5 heteroatoms. The van der Waals surface area contributed by atoms with Crippen LogP contribution in [0.25, 0.3) is 0 Å². The van der Waals surface area contributed by atoms with Gasteiger partial charge in [-0.1, -0.05) is 19.9 Å². The van der Waals surface area contributed by atoms with Crippen LogP contribution in [0.1, 0.15) is 31.7 Å². The summed E-state index contributed by atoms with van der Waals surface area (Å²) >= 11 is 3.11. The Morgan fingerprint density at radius 1 is 1.35 bits per heavy atom. The summed E-state index contributed by atoms with van der Waals surface area (Å²) in [4.78, 5) is 0. The van der Waals surface area contributed by atoms with Gasteiger partial charge in [0.1, 0.15) is 5.75 Å². The number of ether oxygens (including phenoxy) is 1. The van der Waals surface area contributed by atoms with Crippen molar-refractivity contribution in [1.82, 2.24) is 0 Å². The van der Waals surface area contributed by atoms with Crippen molar-refractivity contribution in [2.45, 2.75) is 32.5 Å². The largest absolute Gasteiger partial charge is 0.573 e. The second kappa shape index (κ2) is 3.90. The maximum Gasteiger partial charge on any atom is 0.573 e. The highest BCUT2D eigenvalue weighted by Gasteiger charge is 2.46. The Morgan fingerprint density at radius 3 is 2.35 bits per heavy atom. The second-order valence-corrected chi connectivity index (χ2v) is 5.84. The van der Waals surface area contributed by atoms with Gasteiger partial charge in [0.2, 0.25) is 0 Å². The van der Waals surface area contributed by atoms with E-state index in [9.17, 15) is 13.2 Å². The summed E-state index contributed by atoms with van der Waals surface area (Å²) in [5.41, 5.74) is 1.31. The van der Waals surface area contributed by atoms with E-state index in [2.05, 4.69) is 34.5 Å². The number of halogens is 4. The lowest BCUT2D eigenvalue weighted by Gasteiger charge is -2.12. The van der Waals surface area contributed by atoms with Crippen molar-refractivity contribution >= 4 is 15.9 Å². The van der Waals surface area contributed by atoms with Gasteiger partial charge in [0.25, 0.3) is 0 Å².